The van der Waals surface area contributed by atoms with Crippen LogP contribution in [0.4, 0.5) is 5.69 Å². The molecule has 0 saturated carbocycles. The maximum Gasteiger partial charge on any atom is 0.307 e. The number of nitrogens with one attached hydrogen (secondary N) is 1. The molecule has 1 N–H and O–H groups in total. The van der Waals surface area contributed by atoms with Gasteiger partial charge >= 0.3 is 4.87 Å². The van der Waals surface area contributed by atoms with Crippen LogP contribution in [0.5, 0.6) is 0 Å². The van der Waals surface area contributed by atoms with E-state index in [-0.39, 0.29) is 17.2 Å². The number of aryl methyl sites for hydroxylation is 1. The lowest BCUT2D eigenvalue weighted by Crippen LogP contribution is -2.20. The first-order valence-electron chi connectivity index (χ1n) is 6.96. The molecule has 0 aliphatic heterocycles. The number of thioether (sulfide) groups is 1. The van der Waals surface area contributed by atoms with Gasteiger partial charge in [0.2, 0.25) is 5.91 Å². The number of amides is 1. The maximum absolute atomic E-state index is 12.1. The fraction of sp³-hybridized carbons (Fsp3) is 0.267. The van der Waals surface area contributed by atoms with Crippen LogP contribution in [0.3, 0.4) is 0 Å². The van der Waals surface area contributed by atoms with Crippen molar-refractivity contribution in [2.24, 2.45) is 0 Å². The number of nitrogens with zero attached hydrogens (tertiary/aromatic N) is 2. The summed E-state index contributed by atoms with van der Waals surface area (Å²) in [4.78, 5) is 28.2. The third-order valence-electron chi connectivity index (χ3n) is 3.37. The van der Waals surface area contributed by atoms with Gasteiger partial charge < -0.3 is 9.88 Å². The van der Waals surface area contributed by atoms with Crippen LogP contribution in [0.15, 0.2) is 32.7 Å². The van der Waals surface area contributed by atoms with Crippen LogP contribution in [0.2, 0.25) is 0 Å². The van der Waals surface area contributed by atoms with Crippen LogP contribution in [0.1, 0.15) is 12.1 Å². The molecule has 5 nitrogen and oxygen atoms in total. The van der Waals surface area contributed by atoms with Gasteiger partial charge in [0.1, 0.15) is 0 Å². The molecule has 0 spiro atoms. The molecular weight excluding hydrogens is 350 g/mol. The van der Waals surface area contributed by atoms with Gasteiger partial charge in [-0.05, 0) is 31.4 Å². The number of aromatic nitrogens is 2. The third kappa shape index (κ3) is 3.65. The highest BCUT2D eigenvalue weighted by molar-refractivity contribution is 8.00. The summed E-state index contributed by atoms with van der Waals surface area (Å²) in [5, 5.41) is 4.69. The Kier molecular flexibility index (Phi) is 4.84. The Morgan fingerprint density at radius 2 is 2.26 bits per heavy atom. The molecule has 23 heavy (non-hydrogen) atoms. The summed E-state index contributed by atoms with van der Waals surface area (Å²) < 4.78 is 3.69. The van der Waals surface area contributed by atoms with E-state index in [4.69, 9.17) is 0 Å². The van der Waals surface area contributed by atoms with Gasteiger partial charge in [0.15, 0.2) is 4.34 Å². The first-order valence-corrected chi connectivity index (χ1v) is 9.88. The Morgan fingerprint density at radius 3 is 2.96 bits per heavy atom. The molecule has 0 aliphatic carbocycles. The number of carbonyl (C=O) groups is 1. The van der Waals surface area contributed by atoms with Crippen LogP contribution < -0.4 is 10.2 Å². The fourth-order valence-corrected chi connectivity index (χ4v) is 4.47. The molecule has 0 bridgehead atoms. The van der Waals surface area contributed by atoms with Gasteiger partial charge in [0, 0.05) is 29.7 Å². The number of fused-ring (bicyclic) bond motifs is 1. The third-order valence-corrected chi connectivity index (χ3v) is 6.25. The van der Waals surface area contributed by atoms with E-state index in [1.165, 1.54) is 0 Å². The number of rotatable bonds is 5. The Balaban J connectivity index is 1.66. The van der Waals surface area contributed by atoms with Gasteiger partial charge in [-0.15, -0.1) is 11.3 Å². The van der Waals surface area contributed by atoms with E-state index < -0.39 is 0 Å². The van der Waals surface area contributed by atoms with Crippen LogP contribution in [0.25, 0.3) is 10.2 Å². The fourth-order valence-electron chi connectivity index (χ4n) is 2.18. The predicted octanol–water partition coefficient (Wildman–Crippen LogP) is 3.58. The first kappa shape index (κ1) is 16.2. The predicted molar refractivity (Wildman–Crippen MR) is 98.0 cm³/mol. The molecule has 120 valence electrons. The van der Waals surface area contributed by atoms with E-state index in [2.05, 4.69) is 10.3 Å². The summed E-state index contributed by atoms with van der Waals surface area (Å²) in [6.45, 7) is 2.27. The largest absolute Gasteiger partial charge is 0.326 e. The summed E-state index contributed by atoms with van der Waals surface area (Å²) in [6, 6.07) is 5.70. The number of carbonyl (C=O) groups excluding carboxylic acids is 1. The Bertz CT molecular complexity index is 910. The summed E-state index contributed by atoms with van der Waals surface area (Å²) in [6.07, 6.45) is 2.27. The van der Waals surface area contributed by atoms with Crippen molar-refractivity contribution >= 4 is 56.2 Å². The quantitative estimate of drug-likeness (QED) is 0.702. The van der Waals surface area contributed by atoms with Crippen LogP contribution in [0, 0.1) is 6.92 Å². The van der Waals surface area contributed by atoms with E-state index in [0.717, 1.165) is 37.3 Å². The lowest BCUT2D eigenvalue weighted by atomic mass is 10.3. The minimum absolute atomic E-state index is 0.0222. The van der Waals surface area contributed by atoms with Crippen molar-refractivity contribution in [2.75, 3.05) is 11.6 Å². The van der Waals surface area contributed by atoms with Crippen LogP contribution >= 0.6 is 34.4 Å². The summed E-state index contributed by atoms with van der Waals surface area (Å²) in [7, 11) is 0. The molecule has 1 amide bonds. The molecule has 0 radical (unpaired) electrons. The molecular formula is C15H15N3O2S3. The van der Waals surface area contributed by atoms with Gasteiger partial charge in [-0.2, -0.15) is 0 Å². The molecule has 8 heteroatoms. The number of anilines is 1. The van der Waals surface area contributed by atoms with Gasteiger partial charge in [-0.3, -0.25) is 9.59 Å². The molecule has 2 aromatic heterocycles. The molecule has 3 aromatic rings. The molecule has 0 atom stereocenters. The zero-order valence-corrected chi connectivity index (χ0v) is 15.1. The van der Waals surface area contributed by atoms with Gasteiger partial charge in [-0.25, -0.2) is 4.98 Å². The van der Waals surface area contributed by atoms with E-state index >= 15 is 0 Å². The minimum Gasteiger partial charge on any atom is -0.326 e. The van der Waals surface area contributed by atoms with E-state index in [9.17, 15) is 9.59 Å². The SMILES string of the molecule is CSc1nc2ccc(NC(=O)CCn3c(C)csc3=O)cc2s1. The molecule has 0 saturated heterocycles. The first-order chi connectivity index (χ1) is 11.1. The van der Waals surface area contributed by atoms with Crippen molar-refractivity contribution < 1.29 is 4.79 Å². The number of benzene rings is 1. The zero-order valence-electron chi connectivity index (χ0n) is 12.7. The van der Waals surface area contributed by atoms with Crippen molar-refractivity contribution in [3.8, 4) is 0 Å². The standard InChI is InChI=1S/C15H15N3O2S3/c1-9-8-22-15(20)18(9)6-5-13(19)16-10-3-4-11-12(7-10)23-14(17-11)21-2/h3-4,7-8H,5-6H2,1-2H3,(H,16,19). The lowest BCUT2D eigenvalue weighted by molar-refractivity contribution is -0.116. The topological polar surface area (TPSA) is 64.0 Å². The Hall–Kier alpha value is -1.64. The van der Waals surface area contributed by atoms with Crippen molar-refractivity contribution in [1.82, 2.24) is 9.55 Å². The summed E-state index contributed by atoms with van der Waals surface area (Å²) in [5.41, 5.74) is 2.59. The maximum atomic E-state index is 12.1. The second-order valence-corrected chi connectivity index (χ2v) is 7.86. The minimum atomic E-state index is -0.101. The molecule has 1 aromatic carbocycles. The van der Waals surface area contributed by atoms with Gasteiger partial charge in [0.25, 0.3) is 0 Å². The number of thiazole rings is 2. The highest BCUT2D eigenvalue weighted by Gasteiger charge is 2.08. The average Bonchev–Trinajstić information content (AvgIpc) is 3.08. The second kappa shape index (κ2) is 6.86. The highest BCUT2D eigenvalue weighted by atomic mass is 32.2. The Labute approximate surface area is 145 Å². The zero-order chi connectivity index (χ0) is 16.4. The molecule has 0 unspecified atom stereocenters. The molecule has 0 aliphatic rings. The van der Waals surface area contributed by atoms with E-state index in [0.29, 0.717) is 6.54 Å². The number of hydrogen-bond acceptors (Lipinski definition) is 6. The van der Waals surface area contributed by atoms with E-state index in [1.807, 2.05) is 31.4 Å². The van der Waals surface area contributed by atoms with Crippen molar-refractivity contribution in [3.63, 3.8) is 0 Å². The molecule has 3 rings (SSSR count). The highest BCUT2D eigenvalue weighted by Crippen LogP contribution is 2.29. The lowest BCUT2D eigenvalue weighted by Gasteiger charge is -2.06. The van der Waals surface area contributed by atoms with Gasteiger partial charge in [-0.1, -0.05) is 23.1 Å². The second-order valence-electron chi connectivity index (χ2n) is 4.96. The monoisotopic (exact) mass is 365 g/mol. The molecule has 2 heterocycles. The van der Waals surface area contributed by atoms with E-state index in [1.54, 1.807) is 33.0 Å². The molecule has 0 fully saturated rings. The van der Waals surface area contributed by atoms with Crippen molar-refractivity contribution in [3.05, 3.63) is 38.9 Å². The summed E-state index contributed by atoms with van der Waals surface area (Å²) in [5.74, 6) is -0.101. The number of hydrogen-bond donors (Lipinski definition) is 1. The van der Waals surface area contributed by atoms with Crippen LogP contribution in [-0.2, 0) is 11.3 Å². The average molecular weight is 366 g/mol. The normalized spacial score (nSPS) is 11.0. The van der Waals surface area contributed by atoms with Gasteiger partial charge in [0.05, 0.1) is 10.2 Å². The van der Waals surface area contributed by atoms with Crippen molar-refractivity contribution in [2.45, 2.75) is 24.2 Å². The van der Waals surface area contributed by atoms with Crippen LogP contribution in [-0.4, -0.2) is 21.7 Å². The summed E-state index contributed by atoms with van der Waals surface area (Å²) >= 11 is 4.38. The Morgan fingerprint density at radius 1 is 1.43 bits per heavy atom. The smallest absolute Gasteiger partial charge is 0.307 e. The van der Waals surface area contributed by atoms with Crippen molar-refractivity contribution in [1.29, 1.82) is 0 Å².